The molecule has 19 heavy (non-hydrogen) atoms. The molecule has 1 aromatic rings. The molecule has 0 aliphatic rings. The van der Waals surface area contributed by atoms with Crippen LogP contribution >= 0.6 is 0 Å². The molecule has 0 radical (unpaired) electrons. The number of aliphatic hydroxyl groups excluding tert-OH is 2. The number of nitrogens with zero attached hydrogens (tertiary/aromatic N) is 2. The predicted octanol–water partition coefficient (Wildman–Crippen LogP) is 0.650. The fraction of sp³-hybridized carbons (Fsp3) is 0.500. The van der Waals surface area contributed by atoms with Crippen LogP contribution in [0.2, 0.25) is 0 Å². The van der Waals surface area contributed by atoms with Gasteiger partial charge in [0.1, 0.15) is 6.10 Å². The molecular formula is C14H21N3O2. The first kappa shape index (κ1) is 15.4. The molecule has 5 heteroatoms. The molecule has 104 valence electrons. The van der Waals surface area contributed by atoms with Gasteiger partial charge in [-0.1, -0.05) is 12.1 Å². The van der Waals surface area contributed by atoms with E-state index in [1.807, 2.05) is 24.1 Å². The van der Waals surface area contributed by atoms with E-state index in [1.54, 1.807) is 19.2 Å². The zero-order valence-corrected chi connectivity index (χ0v) is 11.4. The lowest BCUT2D eigenvalue weighted by Crippen LogP contribution is -2.29. The maximum absolute atomic E-state index is 9.94. The van der Waals surface area contributed by atoms with E-state index in [4.69, 9.17) is 5.26 Å². The highest BCUT2D eigenvalue weighted by molar-refractivity contribution is 5.47. The van der Waals surface area contributed by atoms with E-state index < -0.39 is 12.2 Å². The average molecular weight is 263 g/mol. The van der Waals surface area contributed by atoms with Gasteiger partial charge in [-0.2, -0.15) is 5.26 Å². The Bertz CT molecular complexity index is 414. The van der Waals surface area contributed by atoms with Crippen LogP contribution in [0.4, 0.5) is 5.69 Å². The lowest BCUT2D eigenvalue weighted by atomic mass is 10.0. The third-order valence-electron chi connectivity index (χ3n) is 3.01. The topological polar surface area (TPSA) is 79.5 Å². The largest absolute Gasteiger partial charge is 0.389 e. The Hall–Kier alpha value is -1.61. The minimum Gasteiger partial charge on any atom is -0.389 e. The van der Waals surface area contributed by atoms with E-state index in [2.05, 4.69) is 11.4 Å². The second-order valence-electron chi connectivity index (χ2n) is 4.49. The van der Waals surface area contributed by atoms with Crippen LogP contribution in [0.1, 0.15) is 18.1 Å². The molecule has 0 spiro atoms. The zero-order chi connectivity index (χ0) is 14.3. The number of hydrogen-bond donors (Lipinski definition) is 3. The quantitative estimate of drug-likeness (QED) is 0.673. The molecule has 3 N–H and O–H groups in total. The number of anilines is 1. The van der Waals surface area contributed by atoms with Gasteiger partial charge in [0.15, 0.2) is 0 Å². The Balaban J connectivity index is 2.68. The van der Waals surface area contributed by atoms with Crippen LogP contribution in [0.3, 0.4) is 0 Å². The van der Waals surface area contributed by atoms with Gasteiger partial charge in [0.2, 0.25) is 0 Å². The Labute approximate surface area is 114 Å². The van der Waals surface area contributed by atoms with Gasteiger partial charge in [-0.15, -0.1) is 0 Å². The fourth-order valence-corrected chi connectivity index (χ4v) is 1.82. The van der Waals surface area contributed by atoms with Gasteiger partial charge in [0.25, 0.3) is 0 Å². The van der Waals surface area contributed by atoms with Gasteiger partial charge in [-0.3, -0.25) is 0 Å². The van der Waals surface area contributed by atoms with Gasteiger partial charge in [0.05, 0.1) is 18.6 Å². The zero-order valence-electron chi connectivity index (χ0n) is 11.4. The second kappa shape index (κ2) is 7.74. The Morgan fingerprint density at radius 1 is 1.32 bits per heavy atom. The summed E-state index contributed by atoms with van der Waals surface area (Å²) in [4.78, 5) is 1.98. The first-order chi connectivity index (χ1) is 9.10. The average Bonchev–Trinajstić information content (AvgIpc) is 2.44. The summed E-state index contributed by atoms with van der Waals surface area (Å²) in [5.41, 5.74) is 1.66. The fourth-order valence-electron chi connectivity index (χ4n) is 1.82. The molecule has 5 nitrogen and oxygen atoms in total. The Kier molecular flexibility index (Phi) is 6.30. The molecule has 1 aromatic carbocycles. The van der Waals surface area contributed by atoms with Crippen molar-refractivity contribution >= 4 is 5.69 Å². The van der Waals surface area contributed by atoms with E-state index >= 15 is 0 Å². The van der Waals surface area contributed by atoms with E-state index in [0.29, 0.717) is 25.1 Å². The number of benzene rings is 1. The molecule has 0 saturated carbocycles. The SMILES string of the molecule is CNCC(O)C(O)c1ccc(N(C)CCC#N)cc1. The van der Waals surface area contributed by atoms with E-state index in [1.165, 1.54) is 0 Å². The minimum absolute atomic E-state index is 0.338. The molecule has 0 heterocycles. The van der Waals surface area contributed by atoms with E-state index in [0.717, 1.165) is 5.69 Å². The monoisotopic (exact) mass is 263 g/mol. The molecule has 0 saturated heterocycles. The van der Waals surface area contributed by atoms with Crippen molar-refractivity contribution in [3.05, 3.63) is 29.8 Å². The lowest BCUT2D eigenvalue weighted by molar-refractivity contribution is 0.0202. The van der Waals surface area contributed by atoms with Crippen LogP contribution in [0, 0.1) is 11.3 Å². The summed E-state index contributed by atoms with van der Waals surface area (Å²) in [5, 5.41) is 31.0. The van der Waals surface area contributed by atoms with Gasteiger partial charge in [0, 0.05) is 25.8 Å². The molecule has 2 atom stereocenters. The highest BCUT2D eigenvalue weighted by Gasteiger charge is 2.17. The standard InChI is InChI=1S/C14H21N3O2/c1-16-10-13(18)14(19)11-4-6-12(7-5-11)17(2)9-3-8-15/h4-7,13-14,16,18-19H,3,9-10H2,1-2H3. The summed E-state index contributed by atoms with van der Waals surface area (Å²) < 4.78 is 0. The lowest BCUT2D eigenvalue weighted by Gasteiger charge is -2.21. The first-order valence-electron chi connectivity index (χ1n) is 6.29. The maximum Gasteiger partial charge on any atom is 0.106 e. The maximum atomic E-state index is 9.94. The molecule has 1 rings (SSSR count). The van der Waals surface area contributed by atoms with Gasteiger partial charge >= 0.3 is 0 Å². The van der Waals surface area contributed by atoms with Gasteiger partial charge < -0.3 is 20.4 Å². The normalized spacial score (nSPS) is 13.6. The van der Waals surface area contributed by atoms with Crippen molar-refractivity contribution in [3.63, 3.8) is 0 Å². The van der Waals surface area contributed by atoms with Crippen LogP contribution in [-0.2, 0) is 0 Å². The molecule has 0 aliphatic heterocycles. The van der Waals surface area contributed by atoms with Crippen LogP contribution in [0.15, 0.2) is 24.3 Å². The van der Waals surface area contributed by atoms with Crippen molar-refractivity contribution in [3.8, 4) is 6.07 Å². The van der Waals surface area contributed by atoms with Gasteiger partial charge in [-0.05, 0) is 24.7 Å². The summed E-state index contributed by atoms with van der Waals surface area (Å²) in [5.74, 6) is 0. The second-order valence-corrected chi connectivity index (χ2v) is 4.49. The molecule has 0 aromatic heterocycles. The highest BCUT2D eigenvalue weighted by atomic mass is 16.3. The molecule has 0 amide bonds. The van der Waals surface area contributed by atoms with E-state index in [-0.39, 0.29) is 0 Å². The smallest absolute Gasteiger partial charge is 0.106 e. The third kappa shape index (κ3) is 4.52. The summed E-state index contributed by atoms with van der Waals surface area (Å²) in [6, 6.07) is 9.45. The van der Waals surface area contributed by atoms with E-state index in [9.17, 15) is 10.2 Å². The Morgan fingerprint density at radius 3 is 2.47 bits per heavy atom. The number of hydrogen-bond acceptors (Lipinski definition) is 5. The van der Waals surface area contributed by atoms with Gasteiger partial charge in [-0.25, -0.2) is 0 Å². The van der Waals surface area contributed by atoms with Crippen LogP contribution < -0.4 is 10.2 Å². The molecule has 2 unspecified atom stereocenters. The van der Waals surface area contributed by atoms with Crippen molar-refractivity contribution in [1.29, 1.82) is 5.26 Å². The van der Waals surface area contributed by atoms with Crippen LogP contribution in [-0.4, -0.2) is 43.5 Å². The Morgan fingerprint density at radius 2 is 1.95 bits per heavy atom. The molecular weight excluding hydrogens is 242 g/mol. The number of nitrogens with one attached hydrogen (secondary N) is 1. The highest BCUT2D eigenvalue weighted by Crippen LogP contribution is 2.20. The number of likely N-dealkylation sites (N-methyl/N-ethyl adjacent to an activating group) is 1. The molecule has 0 bridgehead atoms. The number of nitriles is 1. The van der Waals surface area contributed by atoms with Crippen molar-refractivity contribution in [2.24, 2.45) is 0 Å². The molecule has 0 aliphatic carbocycles. The number of aliphatic hydroxyl groups is 2. The summed E-state index contributed by atoms with van der Waals surface area (Å²) >= 11 is 0. The number of rotatable bonds is 7. The minimum atomic E-state index is -0.897. The van der Waals surface area contributed by atoms with Crippen LogP contribution in [0.5, 0.6) is 0 Å². The first-order valence-corrected chi connectivity index (χ1v) is 6.29. The van der Waals surface area contributed by atoms with Crippen molar-refractivity contribution < 1.29 is 10.2 Å². The summed E-state index contributed by atoms with van der Waals surface area (Å²) in [7, 11) is 3.64. The molecule has 0 fully saturated rings. The van der Waals surface area contributed by atoms with Crippen molar-refractivity contribution in [1.82, 2.24) is 5.32 Å². The summed E-state index contributed by atoms with van der Waals surface area (Å²) in [6.45, 7) is 1.01. The third-order valence-corrected chi connectivity index (χ3v) is 3.01. The van der Waals surface area contributed by atoms with Crippen molar-refractivity contribution in [2.75, 3.05) is 32.1 Å². The van der Waals surface area contributed by atoms with Crippen molar-refractivity contribution in [2.45, 2.75) is 18.6 Å². The summed E-state index contributed by atoms with van der Waals surface area (Å²) in [6.07, 6.45) is -1.25. The predicted molar refractivity (Wildman–Crippen MR) is 74.8 cm³/mol. The van der Waals surface area contributed by atoms with Crippen LogP contribution in [0.25, 0.3) is 0 Å².